The van der Waals surface area contributed by atoms with Crippen molar-refractivity contribution in [1.82, 2.24) is 14.8 Å². The molecule has 2 amide bonds. The number of aromatic nitrogens is 3. The minimum Gasteiger partial charge on any atom is -0.370 e. The Kier molecular flexibility index (Phi) is 7.95. The quantitative estimate of drug-likeness (QED) is 0.453. The fourth-order valence-electron chi connectivity index (χ4n) is 2.65. The SMILES string of the molecule is CC(=O)c1cccc(NC(=O)[C@@H](C)Sc2nnc(CCC(N)=O)n2CC(C)C)c1. The van der Waals surface area contributed by atoms with Crippen molar-refractivity contribution in [2.45, 2.75) is 57.5 Å². The number of rotatable bonds is 10. The van der Waals surface area contributed by atoms with Crippen LogP contribution in [0.3, 0.4) is 0 Å². The summed E-state index contributed by atoms with van der Waals surface area (Å²) >= 11 is 1.30. The number of anilines is 1. The third-order valence-electron chi connectivity index (χ3n) is 4.12. The van der Waals surface area contributed by atoms with Crippen LogP contribution in [-0.4, -0.2) is 37.6 Å². The molecule has 0 bridgehead atoms. The number of aryl methyl sites for hydroxylation is 1. The lowest BCUT2D eigenvalue weighted by Gasteiger charge is -2.15. The van der Waals surface area contributed by atoms with E-state index in [0.717, 1.165) is 0 Å². The molecule has 0 aliphatic rings. The van der Waals surface area contributed by atoms with Crippen molar-refractivity contribution in [2.24, 2.45) is 11.7 Å². The number of carbonyl (C=O) groups is 3. The van der Waals surface area contributed by atoms with Gasteiger partial charge in [-0.1, -0.05) is 37.7 Å². The highest BCUT2D eigenvalue weighted by molar-refractivity contribution is 8.00. The summed E-state index contributed by atoms with van der Waals surface area (Å²) in [5, 5.41) is 11.4. The molecule has 0 saturated heterocycles. The van der Waals surface area contributed by atoms with E-state index in [2.05, 4.69) is 29.4 Å². The number of thioether (sulfide) groups is 1. The van der Waals surface area contributed by atoms with E-state index in [1.165, 1.54) is 18.7 Å². The summed E-state index contributed by atoms with van der Waals surface area (Å²) in [4.78, 5) is 35.2. The minimum absolute atomic E-state index is 0.0613. The van der Waals surface area contributed by atoms with Gasteiger partial charge in [-0.05, 0) is 31.9 Å². The first-order chi connectivity index (χ1) is 13.7. The van der Waals surface area contributed by atoms with Gasteiger partial charge in [0.1, 0.15) is 5.82 Å². The zero-order chi connectivity index (χ0) is 21.6. The first kappa shape index (κ1) is 22.6. The minimum atomic E-state index is -0.435. The third kappa shape index (κ3) is 6.70. The number of nitrogens with one attached hydrogen (secondary N) is 1. The van der Waals surface area contributed by atoms with Gasteiger partial charge < -0.3 is 15.6 Å². The second kappa shape index (κ2) is 10.2. The lowest BCUT2D eigenvalue weighted by molar-refractivity contribution is -0.118. The number of nitrogens with two attached hydrogens (primary N) is 1. The molecule has 0 fully saturated rings. The van der Waals surface area contributed by atoms with Gasteiger partial charge in [-0.3, -0.25) is 14.4 Å². The maximum absolute atomic E-state index is 12.6. The second-order valence-electron chi connectivity index (χ2n) is 7.26. The number of primary amides is 1. The number of ketones is 1. The number of hydrogen-bond donors (Lipinski definition) is 2. The van der Waals surface area contributed by atoms with E-state index in [9.17, 15) is 14.4 Å². The molecule has 1 aromatic carbocycles. The van der Waals surface area contributed by atoms with Crippen LogP contribution in [0.15, 0.2) is 29.4 Å². The molecule has 0 saturated carbocycles. The number of benzene rings is 1. The number of hydrogen-bond acceptors (Lipinski definition) is 6. The van der Waals surface area contributed by atoms with E-state index in [1.54, 1.807) is 31.2 Å². The molecule has 2 rings (SSSR count). The maximum Gasteiger partial charge on any atom is 0.237 e. The van der Waals surface area contributed by atoms with Crippen molar-refractivity contribution in [3.05, 3.63) is 35.7 Å². The standard InChI is InChI=1S/C20H27N5O3S/c1-12(2)11-25-18(9-8-17(21)27)23-24-20(25)29-14(4)19(28)22-16-7-5-6-15(10-16)13(3)26/h5-7,10,12,14H,8-9,11H2,1-4H3,(H2,21,27)(H,22,28)/t14-/m1/s1. The zero-order valence-electron chi connectivity index (χ0n) is 17.1. The van der Waals surface area contributed by atoms with Crippen molar-refractivity contribution in [3.8, 4) is 0 Å². The highest BCUT2D eigenvalue weighted by atomic mass is 32.2. The van der Waals surface area contributed by atoms with Crippen LogP contribution in [0.1, 0.15) is 50.3 Å². The third-order valence-corrected chi connectivity index (χ3v) is 5.20. The Morgan fingerprint density at radius 3 is 2.55 bits per heavy atom. The molecule has 1 aromatic heterocycles. The van der Waals surface area contributed by atoms with Gasteiger partial charge in [0, 0.05) is 30.6 Å². The van der Waals surface area contributed by atoms with Gasteiger partial charge in [-0.25, -0.2) is 0 Å². The Morgan fingerprint density at radius 1 is 1.21 bits per heavy atom. The summed E-state index contributed by atoms with van der Waals surface area (Å²) in [6.45, 7) is 8.09. The van der Waals surface area contributed by atoms with E-state index >= 15 is 0 Å². The Balaban J connectivity index is 2.11. The van der Waals surface area contributed by atoms with Crippen LogP contribution in [0.5, 0.6) is 0 Å². The van der Waals surface area contributed by atoms with Crippen molar-refractivity contribution >= 4 is 35.0 Å². The number of nitrogens with zero attached hydrogens (tertiary/aromatic N) is 3. The monoisotopic (exact) mass is 417 g/mol. The molecule has 3 N–H and O–H groups in total. The summed E-state index contributed by atoms with van der Waals surface area (Å²) in [6, 6.07) is 6.83. The van der Waals surface area contributed by atoms with Crippen molar-refractivity contribution in [1.29, 1.82) is 0 Å². The average Bonchev–Trinajstić information content (AvgIpc) is 3.00. The predicted molar refractivity (Wildman–Crippen MR) is 113 cm³/mol. The number of amides is 2. The molecule has 0 aliphatic heterocycles. The largest absolute Gasteiger partial charge is 0.370 e. The highest BCUT2D eigenvalue weighted by Crippen LogP contribution is 2.25. The van der Waals surface area contributed by atoms with Gasteiger partial charge in [-0.15, -0.1) is 10.2 Å². The van der Waals surface area contributed by atoms with E-state index in [-0.39, 0.29) is 24.0 Å². The van der Waals surface area contributed by atoms with Crippen LogP contribution in [0.25, 0.3) is 0 Å². The first-order valence-electron chi connectivity index (χ1n) is 9.46. The van der Waals surface area contributed by atoms with E-state index in [1.807, 2.05) is 4.57 Å². The van der Waals surface area contributed by atoms with Crippen LogP contribution in [0.2, 0.25) is 0 Å². The second-order valence-corrected chi connectivity index (χ2v) is 8.56. The maximum atomic E-state index is 12.6. The summed E-state index contributed by atoms with van der Waals surface area (Å²) in [5.41, 5.74) is 6.36. The molecule has 0 spiro atoms. The molecule has 29 heavy (non-hydrogen) atoms. The lowest BCUT2D eigenvalue weighted by Crippen LogP contribution is -2.23. The van der Waals surface area contributed by atoms with Crippen LogP contribution >= 0.6 is 11.8 Å². The van der Waals surface area contributed by atoms with Crippen LogP contribution < -0.4 is 11.1 Å². The van der Waals surface area contributed by atoms with Crippen LogP contribution in [0.4, 0.5) is 5.69 Å². The summed E-state index contributed by atoms with van der Waals surface area (Å²) in [5.74, 6) is 0.374. The van der Waals surface area contributed by atoms with E-state index in [0.29, 0.717) is 41.1 Å². The normalized spacial score (nSPS) is 12.0. The van der Waals surface area contributed by atoms with Gasteiger partial charge in [0.25, 0.3) is 0 Å². The number of carbonyl (C=O) groups excluding carboxylic acids is 3. The molecule has 0 radical (unpaired) electrons. The molecule has 2 aromatic rings. The Labute approximate surface area is 174 Å². The summed E-state index contributed by atoms with van der Waals surface area (Å²) in [6.07, 6.45) is 0.609. The Hall–Kier alpha value is -2.68. The molecule has 0 unspecified atom stereocenters. The average molecular weight is 418 g/mol. The fraction of sp³-hybridized carbons (Fsp3) is 0.450. The molecule has 0 aliphatic carbocycles. The number of Topliss-reactive ketones (excluding diaryl/α,β-unsaturated/α-hetero) is 1. The van der Waals surface area contributed by atoms with Crippen LogP contribution in [0, 0.1) is 5.92 Å². The molecule has 1 atom stereocenters. The van der Waals surface area contributed by atoms with Crippen molar-refractivity contribution < 1.29 is 14.4 Å². The zero-order valence-corrected chi connectivity index (χ0v) is 18.0. The fourth-order valence-corrected chi connectivity index (χ4v) is 3.52. The van der Waals surface area contributed by atoms with E-state index < -0.39 is 5.25 Å². The molecule has 9 heteroatoms. The molecular weight excluding hydrogens is 390 g/mol. The van der Waals surface area contributed by atoms with Crippen molar-refractivity contribution in [2.75, 3.05) is 5.32 Å². The van der Waals surface area contributed by atoms with Gasteiger partial charge in [0.15, 0.2) is 10.9 Å². The molecule has 156 valence electrons. The van der Waals surface area contributed by atoms with Crippen molar-refractivity contribution in [3.63, 3.8) is 0 Å². The van der Waals surface area contributed by atoms with Gasteiger partial charge in [0.2, 0.25) is 11.8 Å². The molecule has 1 heterocycles. The lowest BCUT2D eigenvalue weighted by atomic mass is 10.1. The first-order valence-corrected chi connectivity index (χ1v) is 10.3. The summed E-state index contributed by atoms with van der Waals surface area (Å²) < 4.78 is 1.94. The molecular formula is C20H27N5O3S. The Bertz CT molecular complexity index is 894. The Morgan fingerprint density at radius 2 is 1.93 bits per heavy atom. The topological polar surface area (TPSA) is 120 Å². The van der Waals surface area contributed by atoms with Crippen LogP contribution in [-0.2, 0) is 22.6 Å². The molecule has 8 nitrogen and oxygen atoms in total. The van der Waals surface area contributed by atoms with Gasteiger partial charge in [0.05, 0.1) is 5.25 Å². The van der Waals surface area contributed by atoms with Gasteiger partial charge in [-0.2, -0.15) is 0 Å². The smallest absolute Gasteiger partial charge is 0.237 e. The van der Waals surface area contributed by atoms with Gasteiger partial charge >= 0.3 is 0 Å². The van der Waals surface area contributed by atoms with E-state index in [4.69, 9.17) is 5.73 Å². The predicted octanol–water partition coefficient (Wildman–Crippen LogP) is 2.67. The highest BCUT2D eigenvalue weighted by Gasteiger charge is 2.21. The summed E-state index contributed by atoms with van der Waals surface area (Å²) in [7, 11) is 0.